The summed E-state index contributed by atoms with van der Waals surface area (Å²) in [5, 5.41) is 18.4. The largest absolute Gasteiger partial charge is 0.491 e. The number of aliphatic hydroxyl groups is 1. The number of nitrogens with zero attached hydrogens (tertiary/aromatic N) is 3. The van der Waals surface area contributed by atoms with Gasteiger partial charge in [0.05, 0.1) is 0 Å². The molecule has 0 fully saturated rings. The third kappa shape index (κ3) is 3.86. The fraction of sp³-hybridized carbons (Fsp3) is 0.292. The van der Waals surface area contributed by atoms with Gasteiger partial charge in [-0.1, -0.05) is 36.4 Å². The Kier molecular flexibility index (Phi) is 5.29. The van der Waals surface area contributed by atoms with E-state index in [1.807, 2.05) is 36.0 Å². The van der Waals surface area contributed by atoms with Crippen molar-refractivity contribution in [1.29, 1.82) is 0 Å². The van der Waals surface area contributed by atoms with E-state index < -0.39 is 6.10 Å². The predicted molar refractivity (Wildman–Crippen MR) is 121 cm³/mol. The molecule has 1 N–H and O–H groups in total. The molecule has 30 heavy (non-hydrogen) atoms. The second-order valence-corrected chi connectivity index (χ2v) is 8.75. The molecule has 2 aromatic carbocycles. The van der Waals surface area contributed by atoms with Gasteiger partial charge in [-0.2, -0.15) is 5.10 Å². The van der Waals surface area contributed by atoms with E-state index in [1.54, 1.807) is 11.3 Å². The number of aromatic nitrogens is 2. The first-order chi connectivity index (χ1) is 14.7. The van der Waals surface area contributed by atoms with Crippen LogP contribution in [0.3, 0.4) is 0 Å². The zero-order chi connectivity index (χ0) is 20.5. The summed E-state index contributed by atoms with van der Waals surface area (Å²) < 4.78 is 7.85. The number of thiophene rings is 1. The first-order valence-electron chi connectivity index (χ1n) is 10.3. The lowest BCUT2D eigenvalue weighted by Crippen LogP contribution is -2.38. The summed E-state index contributed by atoms with van der Waals surface area (Å²) in [6.07, 6.45) is 0.504. The van der Waals surface area contributed by atoms with Crippen molar-refractivity contribution in [3.63, 3.8) is 0 Å². The third-order valence-corrected chi connectivity index (χ3v) is 6.65. The Morgan fingerprint density at radius 2 is 2.00 bits per heavy atom. The van der Waals surface area contributed by atoms with Gasteiger partial charge in [0.15, 0.2) is 0 Å². The van der Waals surface area contributed by atoms with Gasteiger partial charge in [-0.25, -0.2) is 0 Å². The minimum absolute atomic E-state index is 0.275. The Morgan fingerprint density at radius 1 is 1.13 bits per heavy atom. The van der Waals surface area contributed by atoms with Gasteiger partial charge < -0.3 is 9.84 Å². The van der Waals surface area contributed by atoms with Crippen molar-refractivity contribution in [2.24, 2.45) is 7.05 Å². The van der Waals surface area contributed by atoms with Crippen LogP contribution in [0, 0.1) is 0 Å². The average Bonchev–Trinajstić information content (AvgIpc) is 3.37. The summed E-state index contributed by atoms with van der Waals surface area (Å²) in [5.74, 6) is 0.754. The number of β-amino-alcohol motifs (C(OH)–C–C–N with tert-alkyl or cyclic N) is 1. The molecule has 2 aromatic heterocycles. The van der Waals surface area contributed by atoms with Crippen LogP contribution in [0.15, 0.2) is 60.0 Å². The number of ether oxygens (including phenoxy) is 1. The van der Waals surface area contributed by atoms with Crippen LogP contribution in [0.5, 0.6) is 5.75 Å². The number of hydrogen-bond acceptors (Lipinski definition) is 5. The molecule has 0 saturated carbocycles. The molecular weight excluding hydrogens is 394 g/mol. The van der Waals surface area contributed by atoms with Crippen molar-refractivity contribution in [2.45, 2.75) is 19.1 Å². The standard InChI is InChI=1S/C24H25N3O2S/c1-26-24-22(10-12-30-24)23(25-26)18-7-4-8-21(13-18)29-16-20(28)15-27-11-9-17-5-2-3-6-19(17)14-27/h2-8,10,12-13,20,28H,9,11,14-16H2,1H3/t20-/m1/s1. The lowest BCUT2D eigenvalue weighted by atomic mass is 10.00. The molecule has 5 nitrogen and oxygen atoms in total. The number of aliphatic hydroxyl groups excluding tert-OH is 1. The highest BCUT2D eigenvalue weighted by molar-refractivity contribution is 7.16. The minimum atomic E-state index is -0.530. The zero-order valence-electron chi connectivity index (χ0n) is 17.0. The maximum Gasteiger partial charge on any atom is 0.121 e. The highest BCUT2D eigenvalue weighted by Crippen LogP contribution is 2.32. The van der Waals surface area contributed by atoms with Gasteiger partial charge in [0.2, 0.25) is 0 Å². The van der Waals surface area contributed by atoms with Crippen LogP contribution in [0.2, 0.25) is 0 Å². The van der Waals surface area contributed by atoms with Gasteiger partial charge >= 0.3 is 0 Å². The minimum Gasteiger partial charge on any atom is -0.491 e. The van der Waals surface area contributed by atoms with E-state index in [9.17, 15) is 5.11 Å². The molecule has 0 unspecified atom stereocenters. The number of benzene rings is 2. The van der Waals surface area contributed by atoms with Crippen LogP contribution in [-0.2, 0) is 20.0 Å². The van der Waals surface area contributed by atoms with Gasteiger partial charge in [-0.3, -0.25) is 9.58 Å². The molecule has 6 heteroatoms. The fourth-order valence-corrected chi connectivity index (χ4v) is 5.00. The quantitative estimate of drug-likeness (QED) is 0.511. The van der Waals surface area contributed by atoms with Gasteiger partial charge in [0.25, 0.3) is 0 Å². The smallest absolute Gasteiger partial charge is 0.121 e. The third-order valence-electron chi connectivity index (χ3n) is 5.67. The summed E-state index contributed by atoms with van der Waals surface area (Å²) in [4.78, 5) is 3.46. The zero-order valence-corrected chi connectivity index (χ0v) is 17.8. The van der Waals surface area contributed by atoms with Crippen LogP contribution in [0.1, 0.15) is 11.1 Å². The Balaban J connectivity index is 1.22. The second-order valence-electron chi connectivity index (χ2n) is 7.86. The fourth-order valence-electron chi connectivity index (χ4n) is 4.18. The predicted octanol–water partition coefficient (Wildman–Crippen LogP) is 4.10. The normalized spacial score (nSPS) is 15.3. The van der Waals surface area contributed by atoms with Crippen molar-refractivity contribution in [3.8, 4) is 17.0 Å². The van der Waals surface area contributed by atoms with E-state index in [0.717, 1.165) is 46.7 Å². The molecule has 1 aliphatic rings. The van der Waals surface area contributed by atoms with Crippen molar-refractivity contribution in [3.05, 3.63) is 71.1 Å². The topological polar surface area (TPSA) is 50.5 Å². The summed E-state index contributed by atoms with van der Waals surface area (Å²) in [5.41, 5.74) is 4.77. The molecule has 0 saturated heterocycles. The second kappa shape index (κ2) is 8.22. The molecule has 4 aromatic rings. The van der Waals surface area contributed by atoms with Crippen molar-refractivity contribution >= 4 is 21.6 Å². The van der Waals surface area contributed by atoms with Crippen molar-refractivity contribution < 1.29 is 9.84 Å². The molecule has 0 amide bonds. The molecule has 1 atom stereocenters. The first-order valence-corrected chi connectivity index (χ1v) is 11.2. The lowest BCUT2D eigenvalue weighted by molar-refractivity contribution is 0.0638. The Hall–Kier alpha value is -2.67. The SMILES string of the molecule is Cn1nc(-c2cccc(OC[C@H](O)CN3CCc4ccccc4C3)c2)c2ccsc21. The molecule has 0 aliphatic carbocycles. The summed E-state index contributed by atoms with van der Waals surface area (Å²) in [6.45, 7) is 2.75. The summed E-state index contributed by atoms with van der Waals surface area (Å²) in [6, 6.07) is 18.6. The van der Waals surface area contributed by atoms with Crippen molar-refractivity contribution in [1.82, 2.24) is 14.7 Å². The van der Waals surface area contributed by atoms with E-state index >= 15 is 0 Å². The maximum absolute atomic E-state index is 10.5. The number of rotatable bonds is 6. The maximum atomic E-state index is 10.5. The van der Waals surface area contributed by atoms with E-state index in [0.29, 0.717) is 6.54 Å². The summed E-state index contributed by atoms with van der Waals surface area (Å²) in [7, 11) is 1.97. The van der Waals surface area contributed by atoms with Crippen molar-refractivity contribution in [2.75, 3.05) is 19.7 Å². The highest BCUT2D eigenvalue weighted by Gasteiger charge is 2.19. The number of hydrogen-bond donors (Lipinski definition) is 1. The molecular formula is C24H25N3O2S. The van der Waals surface area contributed by atoms with Crippen LogP contribution >= 0.6 is 11.3 Å². The van der Waals surface area contributed by atoms with Gasteiger partial charge in [0, 0.05) is 37.6 Å². The van der Waals surface area contributed by atoms with Gasteiger partial charge in [-0.05, 0) is 41.1 Å². The van der Waals surface area contributed by atoms with E-state index in [1.165, 1.54) is 11.1 Å². The Morgan fingerprint density at radius 3 is 2.90 bits per heavy atom. The van der Waals surface area contributed by atoms with Crippen LogP contribution in [-0.4, -0.2) is 45.6 Å². The molecule has 3 heterocycles. The van der Waals surface area contributed by atoms with Gasteiger partial charge in [-0.15, -0.1) is 11.3 Å². The molecule has 5 rings (SSSR count). The molecule has 154 valence electrons. The lowest BCUT2D eigenvalue weighted by Gasteiger charge is -2.30. The molecule has 1 aliphatic heterocycles. The highest BCUT2D eigenvalue weighted by atomic mass is 32.1. The first kappa shape index (κ1) is 19.3. The molecule has 0 radical (unpaired) electrons. The summed E-state index contributed by atoms with van der Waals surface area (Å²) >= 11 is 1.69. The average molecular weight is 420 g/mol. The van der Waals surface area contributed by atoms with Crippen LogP contribution < -0.4 is 4.74 Å². The molecule has 0 spiro atoms. The Labute approximate surface area is 180 Å². The number of fused-ring (bicyclic) bond motifs is 2. The van der Waals surface area contributed by atoms with Crippen LogP contribution in [0.25, 0.3) is 21.5 Å². The monoisotopic (exact) mass is 419 g/mol. The Bertz CT molecular complexity index is 1170. The van der Waals surface area contributed by atoms with E-state index in [2.05, 4.69) is 45.7 Å². The molecule has 0 bridgehead atoms. The number of aryl methyl sites for hydroxylation is 1. The van der Waals surface area contributed by atoms with E-state index in [-0.39, 0.29) is 6.61 Å². The van der Waals surface area contributed by atoms with Gasteiger partial charge in [0.1, 0.15) is 29.0 Å². The van der Waals surface area contributed by atoms with E-state index in [4.69, 9.17) is 4.74 Å². The van der Waals surface area contributed by atoms with Crippen LogP contribution in [0.4, 0.5) is 0 Å².